The minimum Gasteiger partial charge on any atom is -0.326 e. The Morgan fingerprint density at radius 3 is 2.57 bits per heavy atom. The van der Waals surface area contributed by atoms with Crippen molar-refractivity contribution >= 4 is 0 Å². The summed E-state index contributed by atoms with van der Waals surface area (Å²) in [4.78, 5) is 0. The summed E-state index contributed by atoms with van der Waals surface area (Å²) >= 11 is 0. The van der Waals surface area contributed by atoms with E-state index in [-0.39, 0.29) is 5.41 Å². The van der Waals surface area contributed by atoms with Gasteiger partial charge in [-0.25, -0.2) is 0 Å². The molecule has 3 nitrogen and oxygen atoms in total. The molecule has 0 unspecified atom stereocenters. The van der Waals surface area contributed by atoms with Gasteiger partial charge in [0.25, 0.3) is 0 Å². The van der Waals surface area contributed by atoms with Crippen LogP contribution in [0, 0.1) is 16.7 Å². The van der Waals surface area contributed by atoms with E-state index in [0.29, 0.717) is 6.42 Å². The lowest BCUT2D eigenvalue weighted by atomic mass is 9.88. The van der Waals surface area contributed by atoms with Gasteiger partial charge in [-0.3, -0.25) is 4.68 Å². The second kappa shape index (κ2) is 4.71. The smallest absolute Gasteiger partial charge is 0.0621 e. The van der Waals surface area contributed by atoms with Crippen LogP contribution in [0.3, 0.4) is 0 Å². The maximum atomic E-state index is 8.51. The molecule has 0 radical (unpaired) electrons. The quantitative estimate of drug-likeness (QED) is 0.776. The van der Waals surface area contributed by atoms with Gasteiger partial charge in [0.2, 0.25) is 0 Å². The molecule has 0 aromatic carbocycles. The minimum absolute atomic E-state index is 0.167. The SMILES string of the molecule is CC(C)(CCC#N)CNn1cccc1. The fourth-order valence-corrected chi connectivity index (χ4v) is 1.23. The normalized spacial score (nSPS) is 10.9. The maximum Gasteiger partial charge on any atom is 0.0621 e. The van der Waals surface area contributed by atoms with Gasteiger partial charge < -0.3 is 5.43 Å². The largest absolute Gasteiger partial charge is 0.326 e. The van der Waals surface area contributed by atoms with E-state index in [0.717, 1.165) is 13.0 Å². The zero-order valence-corrected chi connectivity index (χ0v) is 8.83. The molecule has 0 spiro atoms. The fourth-order valence-electron chi connectivity index (χ4n) is 1.23. The zero-order valence-electron chi connectivity index (χ0n) is 8.83. The van der Waals surface area contributed by atoms with Crippen molar-refractivity contribution in [1.82, 2.24) is 4.68 Å². The average molecular weight is 191 g/mol. The summed E-state index contributed by atoms with van der Waals surface area (Å²) in [5.41, 5.74) is 3.45. The van der Waals surface area contributed by atoms with E-state index < -0.39 is 0 Å². The van der Waals surface area contributed by atoms with Gasteiger partial charge in [-0.15, -0.1) is 0 Å². The summed E-state index contributed by atoms with van der Waals surface area (Å²) in [5, 5.41) is 8.51. The van der Waals surface area contributed by atoms with E-state index >= 15 is 0 Å². The van der Waals surface area contributed by atoms with E-state index in [1.165, 1.54) is 0 Å². The highest BCUT2D eigenvalue weighted by Crippen LogP contribution is 2.20. The predicted molar refractivity (Wildman–Crippen MR) is 57.3 cm³/mol. The van der Waals surface area contributed by atoms with E-state index in [1.54, 1.807) is 0 Å². The Kier molecular flexibility index (Phi) is 3.58. The van der Waals surface area contributed by atoms with Crippen LogP contribution in [0.2, 0.25) is 0 Å². The van der Waals surface area contributed by atoms with Gasteiger partial charge in [-0.2, -0.15) is 5.26 Å². The second-order valence-corrected chi connectivity index (χ2v) is 4.25. The van der Waals surface area contributed by atoms with Crippen molar-refractivity contribution in [2.24, 2.45) is 5.41 Å². The van der Waals surface area contributed by atoms with Crippen LogP contribution in [0.4, 0.5) is 0 Å². The van der Waals surface area contributed by atoms with Crippen molar-refractivity contribution in [2.75, 3.05) is 12.0 Å². The molecule has 3 heteroatoms. The molecule has 76 valence electrons. The highest BCUT2D eigenvalue weighted by atomic mass is 15.4. The third kappa shape index (κ3) is 3.53. The van der Waals surface area contributed by atoms with Crippen LogP contribution >= 0.6 is 0 Å². The first-order valence-corrected chi connectivity index (χ1v) is 4.88. The zero-order chi connectivity index (χ0) is 10.4. The summed E-state index contributed by atoms with van der Waals surface area (Å²) < 4.78 is 1.94. The monoisotopic (exact) mass is 191 g/mol. The average Bonchev–Trinajstić information content (AvgIpc) is 2.64. The first kappa shape index (κ1) is 10.6. The van der Waals surface area contributed by atoms with Crippen LogP contribution in [-0.2, 0) is 0 Å². The Balaban J connectivity index is 2.33. The molecule has 0 fully saturated rings. The number of hydrogen-bond donors (Lipinski definition) is 1. The van der Waals surface area contributed by atoms with Gasteiger partial charge in [0.05, 0.1) is 6.07 Å². The lowest BCUT2D eigenvalue weighted by Gasteiger charge is -2.24. The number of rotatable bonds is 5. The molecule has 1 heterocycles. The van der Waals surface area contributed by atoms with E-state index in [1.807, 2.05) is 29.2 Å². The molecule has 0 saturated heterocycles. The summed E-state index contributed by atoms with van der Waals surface area (Å²) in [6.07, 6.45) is 5.50. The van der Waals surface area contributed by atoms with Crippen molar-refractivity contribution in [3.8, 4) is 6.07 Å². The van der Waals surface area contributed by atoms with Crippen LogP contribution < -0.4 is 5.43 Å². The van der Waals surface area contributed by atoms with Gasteiger partial charge in [0.1, 0.15) is 0 Å². The topological polar surface area (TPSA) is 40.8 Å². The molecule has 0 bridgehead atoms. The molecule has 1 aromatic heterocycles. The van der Waals surface area contributed by atoms with E-state index in [2.05, 4.69) is 25.3 Å². The maximum absolute atomic E-state index is 8.51. The van der Waals surface area contributed by atoms with Gasteiger partial charge in [0.15, 0.2) is 0 Å². The summed E-state index contributed by atoms with van der Waals surface area (Å²) in [6.45, 7) is 5.21. The minimum atomic E-state index is 0.167. The first-order valence-electron chi connectivity index (χ1n) is 4.88. The van der Waals surface area contributed by atoms with E-state index in [9.17, 15) is 0 Å². The molecule has 0 aliphatic carbocycles. The fraction of sp³-hybridized carbons (Fsp3) is 0.545. The Morgan fingerprint density at radius 2 is 2.00 bits per heavy atom. The Morgan fingerprint density at radius 1 is 1.36 bits per heavy atom. The van der Waals surface area contributed by atoms with Crippen LogP contribution in [0.1, 0.15) is 26.7 Å². The molecule has 0 saturated carbocycles. The molecule has 0 aliphatic heterocycles. The van der Waals surface area contributed by atoms with Gasteiger partial charge in [-0.05, 0) is 24.0 Å². The van der Waals surface area contributed by atoms with Crippen LogP contribution in [0.5, 0.6) is 0 Å². The highest BCUT2D eigenvalue weighted by Gasteiger charge is 2.16. The van der Waals surface area contributed by atoms with Crippen molar-refractivity contribution in [3.05, 3.63) is 24.5 Å². The summed E-state index contributed by atoms with van der Waals surface area (Å²) in [5.74, 6) is 0. The Bertz CT molecular complexity index is 293. The van der Waals surface area contributed by atoms with E-state index in [4.69, 9.17) is 5.26 Å². The second-order valence-electron chi connectivity index (χ2n) is 4.25. The molecule has 1 rings (SSSR count). The number of nitriles is 1. The van der Waals surface area contributed by atoms with Gasteiger partial charge >= 0.3 is 0 Å². The number of nitrogens with one attached hydrogen (secondary N) is 1. The lowest BCUT2D eigenvalue weighted by Crippen LogP contribution is -2.27. The molecule has 1 N–H and O–H groups in total. The summed E-state index contributed by atoms with van der Waals surface area (Å²) in [6, 6.07) is 6.15. The number of aromatic nitrogens is 1. The van der Waals surface area contributed by atoms with Crippen molar-refractivity contribution in [1.29, 1.82) is 5.26 Å². The number of nitrogens with zero attached hydrogens (tertiary/aromatic N) is 2. The third-order valence-corrected chi connectivity index (χ3v) is 2.26. The molecule has 14 heavy (non-hydrogen) atoms. The van der Waals surface area contributed by atoms with Crippen molar-refractivity contribution < 1.29 is 0 Å². The highest BCUT2D eigenvalue weighted by molar-refractivity contribution is 4.94. The van der Waals surface area contributed by atoms with Gasteiger partial charge in [0, 0.05) is 25.4 Å². The first-order chi connectivity index (χ1) is 6.64. The van der Waals surface area contributed by atoms with Crippen molar-refractivity contribution in [3.63, 3.8) is 0 Å². The van der Waals surface area contributed by atoms with Crippen LogP contribution in [0.15, 0.2) is 24.5 Å². The Hall–Kier alpha value is -1.43. The standard InChI is InChI=1S/C11H17N3/c1-11(2,6-5-7-12)10-13-14-8-3-4-9-14/h3-4,8-9,13H,5-6,10H2,1-2H3. The molecular formula is C11H17N3. The van der Waals surface area contributed by atoms with Gasteiger partial charge in [-0.1, -0.05) is 13.8 Å². The Labute approximate surface area is 85.3 Å². The molecular weight excluding hydrogens is 174 g/mol. The van der Waals surface area contributed by atoms with Crippen LogP contribution in [-0.4, -0.2) is 11.2 Å². The summed E-state index contributed by atoms with van der Waals surface area (Å²) in [7, 11) is 0. The third-order valence-electron chi connectivity index (χ3n) is 2.26. The van der Waals surface area contributed by atoms with Crippen LogP contribution in [0.25, 0.3) is 0 Å². The molecule has 0 amide bonds. The predicted octanol–water partition coefficient (Wildman–Crippen LogP) is 2.36. The number of hydrogen-bond acceptors (Lipinski definition) is 2. The molecule has 1 aromatic rings. The lowest BCUT2D eigenvalue weighted by molar-refractivity contribution is 0.353. The van der Waals surface area contributed by atoms with Crippen molar-refractivity contribution in [2.45, 2.75) is 26.7 Å². The molecule has 0 aliphatic rings. The molecule has 0 atom stereocenters.